The number of benzene rings is 2. The van der Waals surface area contributed by atoms with Crippen LogP contribution in [-0.2, 0) is 19.6 Å². The van der Waals surface area contributed by atoms with Crippen LogP contribution in [0.15, 0.2) is 59.5 Å². The van der Waals surface area contributed by atoms with Crippen LogP contribution in [0.25, 0.3) is 0 Å². The van der Waals surface area contributed by atoms with Gasteiger partial charge in [-0.15, -0.1) is 3.98 Å². The van der Waals surface area contributed by atoms with E-state index in [1.807, 2.05) is 19.9 Å². The molecule has 2 atom stereocenters. The molecule has 1 aliphatic heterocycles. The Morgan fingerprint density at radius 2 is 1.75 bits per heavy atom. The topological polar surface area (TPSA) is 80.5 Å². The number of nitrogens with zero attached hydrogens (tertiary/aromatic N) is 1. The van der Waals surface area contributed by atoms with Gasteiger partial charge in [0.2, 0.25) is 0 Å². The summed E-state index contributed by atoms with van der Waals surface area (Å²) in [5, 5.41) is 0. The molecular weight excluding hydrogens is 426 g/mol. The molecule has 0 aromatic heterocycles. The molecule has 0 bridgehead atoms. The second-order valence-electron chi connectivity index (χ2n) is 8.79. The number of esters is 1. The third-order valence-electron chi connectivity index (χ3n) is 7.00. The molecule has 168 valence electrons. The maximum atomic E-state index is 13.4. The van der Waals surface area contributed by atoms with E-state index in [1.165, 1.54) is 3.98 Å². The summed E-state index contributed by atoms with van der Waals surface area (Å²) in [5.41, 5.74) is 1.72. The zero-order valence-electron chi connectivity index (χ0n) is 18.4. The summed E-state index contributed by atoms with van der Waals surface area (Å²) in [4.78, 5) is 25.0. The molecule has 0 amide bonds. The van der Waals surface area contributed by atoms with Gasteiger partial charge in [-0.3, -0.25) is 4.79 Å². The van der Waals surface area contributed by atoms with Crippen LogP contribution in [0.2, 0.25) is 0 Å². The molecule has 1 aliphatic carbocycles. The van der Waals surface area contributed by atoms with Gasteiger partial charge in [-0.25, -0.2) is 4.79 Å². The molecule has 1 heterocycles. The summed E-state index contributed by atoms with van der Waals surface area (Å²) < 4.78 is 33.8. The lowest BCUT2D eigenvalue weighted by Crippen LogP contribution is -2.44. The van der Waals surface area contributed by atoms with Crippen molar-refractivity contribution in [2.24, 2.45) is 11.3 Å². The third-order valence-corrected chi connectivity index (χ3v) is 8.90. The Hall–Kier alpha value is -2.80. The highest BCUT2D eigenvalue weighted by Crippen LogP contribution is 2.47. The highest BCUT2D eigenvalue weighted by Gasteiger charge is 2.56. The van der Waals surface area contributed by atoms with E-state index < -0.39 is 21.4 Å². The first-order valence-corrected chi connectivity index (χ1v) is 12.4. The van der Waals surface area contributed by atoms with Crippen molar-refractivity contribution in [3.8, 4) is 0 Å². The SMILES string of the molecule is CC1=[N+](S(=O)(=O)c2ccc(C)cc2)CC[C@]12CCC(=O)C[C@@H]2COC(=O)c1ccccc1. The highest BCUT2D eigenvalue weighted by atomic mass is 32.2. The van der Waals surface area contributed by atoms with Crippen molar-refractivity contribution in [3.05, 3.63) is 65.7 Å². The predicted molar refractivity (Wildman–Crippen MR) is 120 cm³/mol. The smallest absolute Gasteiger partial charge is 0.394 e. The molecule has 32 heavy (non-hydrogen) atoms. The van der Waals surface area contributed by atoms with Gasteiger partial charge in [-0.1, -0.05) is 35.9 Å². The Bertz CT molecular complexity index is 1170. The van der Waals surface area contributed by atoms with E-state index >= 15 is 0 Å². The fourth-order valence-corrected chi connectivity index (χ4v) is 6.64. The van der Waals surface area contributed by atoms with Gasteiger partial charge >= 0.3 is 16.0 Å². The van der Waals surface area contributed by atoms with Crippen molar-refractivity contribution in [3.63, 3.8) is 0 Å². The molecule has 0 N–H and O–H groups in total. The van der Waals surface area contributed by atoms with E-state index in [2.05, 4.69) is 0 Å². The lowest BCUT2D eigenvalue weighted by molar-refractivity contribution is -0.356. The second kappa shape index (κ2) is 8.62. The Labute approximate surface area is 189 Å². The van der Waals surface area contributed by atoms with Gasteiger partial charge in [-0.2, -0.15) is 8.42 Å². The Balaban J connectivity index is 1.62. The molecule has 1 spiro atoms. The van der Waals surface area contributed by atoms with Gasteiger partial charge in [-0.05, 0) is 37.6 Å². The largest absolute Gasteiger partial charge is 0.462 e. The van der Waals surface area contributed by atoms with Crippen LogP contribution in [-0.4, -0.2) is 43.0 Å². The number of carbonyl (C=O) groups is 2. The maximum Gasteiger partial charge on any atom is 0.394 e. The monoisotopic (exact) mass is 454 g/mol. The number of hydrogen-bond donors (Lipinski definition) is 0. The first-order valence-electron chi connectivity index (χ1n) is 10.9. The number of aryl methyl sites for hydroxylation is 1. The van der Waals surface area contributed by atoms with Gasteiger partial charge in [0.25, 0.3) is 0 Å². The van der Waals surface area contributed by atoms with Crippen molar-refractivity contribution >= 4 is 27.5 Å². The Morgan fingerprint density at radius 3 is 2.44 bits per heavy atom. The van der Waals surface area contributed by atoms with Crippen molar-refractivity contribution < 1.29 is 26.7 Å². The lowest BCUT2D eigenvalue weighted by atomic mass is 9.63. The minimum Gasteiger partial charge on any atom is -0.462 e. The fraction of sp³-hybridized carbons (Fsp3) is 0.400. The molecule has 1 fully saturated rings. The fourth-order valence-electron chi connectivity index (χ4n) is 5.03. The molecular formula is C25H28NO5S+. The molecule has 0 radical (unpaired) electrons. The van der Waals surface area contributed by atoms with E-state index in [0.29, 0.717) is 31.4 Å². The van der Waals surface area contributed by atoms with E-state index in [4.69, 9.17) is 4.74 Å². The van der Waals surface area contributed by atoms with Gasteiger partial charge in [0, 0.05) is 32.1 Å². The number of ketones is 1. The first kappa shape index (κ1) is 22.4. The quantitative estimate of drug-likeness (QED) is 0.507. The third kappa shape index (κ3) is 4.01. The standard InChI is InChI=1S/C25H28NO5S/c1-18-8-10-23(11-9-18)32(29,30)26-15-14-25(19(26)2)13-12-22(27)16-21(25)17-31-24(28)20-6-4-3-5-7-20/h3-11,21H,12-17H2,1-2H3/q+1/t21-,25-/m1/s1. The zero-order chi connectivity index (χ0) is 22.9. The summed E-state index contributed by atoms with van der Waals surface area (Å²) in [6.45, 7) is 4.22. The molecule has 0 saturated heterocycles. The van der Waals surface area contributed by atoms with E-state index in [-0.39, 0.29) is 29.6 Å². The minimum absolute atomic E-state index is 0.0925. The van der Waals surface area contributed by atoms with Crippen LogP contribution in [0.4, 0.5) is 0 Å². The number of ether oxygens (including phenoxy) is 1. The average molecular weight is 455 g/mol. The number of sulfonamides is 1. The maximum absolute atomic E-state index is 13.4. The van der Waals surface area contributed by atoms with Gasteiger partial charge < -0.3 is 4.74 Å². The Kier molecular flexibility index (Phi) is 6.03. The summed E-state index contributed by atoms with van der Waals surface area (Å²) >= 11 is 0. The van der Waals surface area contributed by atoms with Crippen LogP contribution in [0.3, 0.4) is 0 Å². The molecule has 2 aliphatic rings. The highest BCUT2D eigenvalue weighted by molar-refractivity contribution is 7.85. The van der Waals surface area contributed by atoms with Crippen LogP contribution in [0.5, 0.6) is 0 Å². The lowest BCUT2D eigenvalue weighted by Gasteiger charge is -2.37. The van der Waals surface area contributed by atoms with E-state index in [1.54, 1.807) is 48.5 Å². The minimum atomic E-state index is -3.69. The van der Waals surface area contributed by atoms with E-state index in [9.17, 15) is 18.0 Å². The van der Waals surface area contributed by atoms with Gasteiger partial charge in [0.05, 0.1) is 17.6 Å². The number of carbonyl (C=O) groups excluding carboxylic acids is 2. The number of Topliss-reactive ketones (excluding diaryl/α,β-unsaturated/α-hetero) is 1. The number of hydrogen-bond acceptors (Lipinski definition) is 5. The molecule has 1 saturated carbocycles. The summed E-state index contributed by atoms with van der Waals surface area (Å²) in [5.74, 6) is -0.544. The van der Waals surface area contributed by atoms with Crippen LogP contribution in [0, 0.1) is 18.3 Å². The summed E-state index contributed by atoms with van der Waals surface area (Å²) in [6.07, 6.45) is 1.90. The van der Waals surface area contributed by atoms with Crippen LogP contribution >= 0.6 is 0 Å². The Morgan fingerprint density at radius 1 is 1.06 bits per heavy atom. The van der Waals surface area contributed by atoms with Gasteiger partial charge in [0.1, 0.15) is 10.7 Å². The average Bonchev–Trinajstić information content (AvgIpc) is 3.12. The summed E-state index contributed by atoms with van der Waals surface area (Å²) in [7, 11) is -3.69. The zero-order valence-corrected chi connectivity index (χ0v) is 19.2. The van der Waals surface area contributed by atoms with Crippen molar-refractivity contribution in [2.45, 2.75) is 44.4 Å². The van der Waals surface area contributed by atoms with Crippen molar-refractivity contribution in [1.29, 1.82) is 0 Å². The van der Waals surface area contributed by atoms with Crippen molar-refractivity contribution in [1.82, 2.24) is 0 Å². The number of rotatable bonds is 5. The predicted octanol–water partition coefficient (Wildman–Crippen LogP) is 3.77. The van der Waals surface area contributed by atoms with Gasteiger partial charge in [0.15, 0.2) is 12.3 Å². The molecule has 6 nitrogen and oxygen atoms in total. The molecule has 0 unspecified atom stereocenters. The molecule has 4 rings (SSSR count). The second-order valence-corrected chi connectivity index (χ2v) is 10.6. The van der Waals surface area contributed by atoms with Crippen molar-refractivity contribution in [2.75, 3.05) is 13.2 Å². The summed E-state index contributed by atoms with van der Waals surface area (Å²) in [6, 6.07) is 15.6. The molecule has 2 aromatic rings. The van der Waals surface area contributed by atoms with E-state index in [0.717, 1.165) is 11.3 Å². The first-order chi connectivity index (χ1) is 15.2. The normalized spacial score (nSPS) is 23.6. The van der Waals surface area contributed by atoms with Crippen LogP contribution < -0.4 is 0 Å². The molecule has 7 heteroatoms. The van der Waals surface area contributed by atoms with Crippen LogP contribution in [0.1, 0.15) is 48.5 Å². The molecule has 2 aromatic carbocycles.